The third-order valence-electron chi connectivity index (χ3n) is 0. The van der Waals surface area contributed by atoms with E-state index in [0.29, 0.717) is 0 Å². The minimum atomic E-state index is 0. The summed E-state index contributed by atoms with van der Waals surface area (Å²) >= 11 is 0.750. The van der Waals surface area contributed by atoms with Crippen molar-refractivity contribution in [2.24, 2.45) is 0 Å². The molecular formula is CdGeNaO. The molecule has 0 aromatic carbocycles. The second-order valence-corrected chi connectivity index (χ2v) is 0. The van der Waals surface area contributed by atoms with E-state index in [2.05, 4.69) is 0 Å². The van der Waals surface area contributed by atoms with Crippen molar-refractivity contribution in [1.82, 2.24) is 0 Å². The first-order valence-electron chi connectivity index (χ1n) is 0.204. The first kappa shape index (κ1) is 16.3. The SMILES string of the molecule is [Cd].[Na].[O]=[Ge]. The van der Waals surface area contributed by atoms with Crippen molar-refractivity contribution in [2.45, 2.75) is 0 Å². The molecule has 0 bridgehead atoms. The Morgan fingerprint density at radius 2 is 1.25 bits per heavy atom. The molecule has 0 rings (SSSR count). The molecule has 0 aliphatic heterocycles. The molecule has 4 heavy (non-hydrogen) atoms. The van der Waals surface area contributed by atoms with Crippen LogP contribution in [0.2, 0.25) is 0 Å². The molecule has 4 heteroatoms. The van der Waals surface area contributed by atoms with Crippen LogP contribution in [0.3, 0.4) is 0 Å². The summed E-state index contributed by atoms with van der Waals surface area (Å²) in [5, 5.41) is 0. The Bertz CT molecular complexity index is 8.00. The first-order chi connectivity index (χ1) is 1.00. The van der Waals surface area contributed by atoms with Crippen molar-refractivity contribution < 1.29 is 31.1 Å². The van der Waals surface area contributed by atoms with Crippen LogP contribution in [0, 0.1) is 0 Å². The average Bonchev–Trinajstić information content (AvgIpc) is 1.00. The van der Waals surface area contributed by atoms with E-state index in [0.717, 1.165) is 16.5 Å². The van der Waals surface area contributed by atoms with Gasteiger partial charge in [0.1, 0.15) is 0 Å². The molecule has 0 aromatic heterocycles. The van der Waals surface area contributed by atoms with E-state index in [4.69, 9.17) is 3.78 Å². The van der Waals surface area contributed by atoms with Crippen molar-refractivity contribution in [1.29, 1.82) is 0 Å². The van der Waals surface area contributed by atoms with Gasteiger partial charge in [0.05, 0.1) is 0 Å². The Labute approximate surface area is 75.8 Å². The van der Waals surface area contributed by atoms with E-state index in [1.165, 1.54) is 0 Å². The predicted octanol–water partition coefficient (Wildman–Crippen LogP) is -0.883. The van der Waals surface area contributed by atoms with Gasteiger partial charge in [-0.3, -0.25) is 0 Å². The molecule has 0 aliphatic rings. The summed E-state index contributed by atoms with van der Waals surface area (Å²) in [6.45, 7) is 0. The molecule has 0 N–H and O–H groups in total. The fourth-order valence-electron chi connectivity index (χ4n) is 0. The van der Waals surface area contributed by atoms with Gasteiger partial charge in [0.2, 0.25) is 0 Å². The predicted molar refractivity (Wildman–Crippen MR) is 12.2 cm³/mol. The number of rotatable bonds is 0. The van der Waals surface area contributed by atoms with E-state index < -0.39 is 0 Å². The molecule has 3 radical (unpaired) electrons. The third-order valence-corrected chi connectivity index (χ3v) is 0. The van der Waals surface area contributed by atoms with Crippen LogP contribution < -0.4 is 0 Å². The van der Waals surface area contributed by atoms with Gasteiger partial charge in [0, 0.05) is 56.9 Å². The summed E-state index contributed by atoms with van der Waals surface area (Å²) in [4.78, 5) is 0. The van der Waals surface area contributed by atoms with Crippen molar-refractivity contribution in [2.75, 3.05) is 0 Å². The van der Waals surface area contributed by atoms with Crippen molar-refractivity contribution in [3.63, 3.8) is 0 Å². The summed E-state index contributed by atoms with van der Waals surface area (Å²) in [6.07, 6.45) is 0. The van der Waals surface area contributed by atoms with Gasteiger partial charge in [-0.1, -0.05) is 0 Å². The van der Waals surface area contributed by atoms with Crippen molar-refractivity contribution >= 4 is 46.0 Å². The van der Waals surface area contributed by atoms with Gasteiger partial charge in [-0.15, -0.1) is 0 Å². The molecule has 0 heterocycles. The van der Waals surface area contributed by atoms with E-state index in [9.17, 15) is 0 Å². The van der Waals surface area contributed by atoms with Gasteiger partial charge < -0.3 is 0 Å². The molecule has 13 valence electrons. The summed E-state index contributed by atoms with van der Waals surface area (Å²) in [5.41, 5.74) is 0. The van der Waals surface area contributed by atoms with Crippen LogP contribution >= 0.6 is 0 Å². The molecule has 0 saturated heterocycles. The Hall–Kier alpha value is 2.26. The fraction of sp³-hybridized carbons (Fsp3) is 0. The van der Waals surface area contributed by atoms with E-state index in [1.54, 1.807) is 0 Å². The van der Waals surface area contributed by atoms with E-state index in [-0.39, 0.29) is 56.9 Å². The zero-order chi connectivity index (χ0) is 2.00. The van der Waals surface area contributed by atoms with Gasteiger partial charge in [0.25, 0.3) is 0 Å². The second-order valence-electron chi connectivity index (χ2n) is 0. The Balaban J connectivity index is -0.00000000500. The Morgan fingerprint density at radius 3 is 1.25 bits per heavy atom. The first-order valence-corrected chi connectivity index (χ1v) is 1.06. The molecule has 0 saturated carbocycles. The fourth-order valence-corrected chi connectivity index (χ4v) is 0. The zero-order valence-electron chi connectivity index (χ0n) is 2.62. The van der Waals surface area contributed by atoms with Gasteiger partial charge >= 0.3 is 20.2 Å². The third kappa shape index (κ3) is 8.86. The van der Waals surface area contributed by atoms with E-state index in [1.807, 2.05) is 0 Å². The topological polar surface area (TPSA) is 17.1 Å². The molecule has 0 spiro atoms. The van der Waals surface area contributed by atoms with E-state index >= 15 is 0 Å². The Morgan fingerprint density at radius 1 is 1.25 bits per heavy atom. The maximum absolute atomic E-state index is 8.25. The van der Waals surface area contributed by atoms with Gasteiger partial charge in [0.15, 0.2) is 0 Å². The zero-order valence-corrected chi connectivity index (χ0v) is 10.7. The molecular weight excluding hydrogens is 224 g/mol. The van der Waals surface area contributed by atoms with Gasteiger partial charge in [-0.2, -0.15) is 0 Å². The van der Waals surface area contributed by atoms with Crippen LogP contribution in [0.4, 0.5) is 0 Å². The molecule has 0 unspecified atom stereocenters. The summed E-state index contributed by atoms with van der Waals surface area (Å²) < 4.78 is 8.25. The average molecular weight is 224 g/mol. The molecule has 0 amide bonds. The number of hydrogen-bond donors (Lipinski definition) is 0. The van der Waals surface area contributed by atoms with Crippen LogP contribution in [-0.4, -0.2) is 46.0 Å². The van der Waals surface area contributed by atoms with Gasteiger partial charge in [-0.25, -0.2) is 0 Å². The molecule has 1 nitrogen and oxygen atoms in total. The van der Waals surface area contributed by atoms with Crippen LogP contribution in [-0.2, 0) is 31.1 Å². The minimum absolute atomic E-state index is 0. The summed E-state index contributed by atoms with van der Waals surface area (Å²) in [7, 11) is 0. The molecule has 0 aromatic rings. The van der Waals surface area contributed by atoms with Crippen LogP contribution in [0.25, 0.3) is 0 Å². The molecule has 0 fully saturated rings. The monoisotopic (exact) mass is 227 g/mol. The molecule has 0 aliphatic carbocycles. The van der Waals surface area contributed by atoms with Crippen LogP contribution in [0.15, 0.2) is 0 Å². The second kappa shape index (κ2) is 18.7. The Kier molecular flexibility index (Phi) is 76.0. The van der Waals surface area contributed by atoms with Crippen molar-refractivity contribution in [3.8, 4) is 0 Å². The number of hydrogen-bond acceptors (Lipinski definition) is 1. The quantitative estimate of drug-likeness (QED) is 0.488. The molecule has 0 atom stereocenters. The summed E-state index contributed by atoms with van der Waals surface area (Å²) in [5.74, 6) is 0. The van der Waals surface area contributed by atoms with Gasteiger partial charge in [-0.05, 0) is 0 Å². The van der Waals surface area contributed by atoms with Crippen LogP contribution in [0.5, 0.6) is 0 Å². The standard InChI is InChI=1S/Cd.GeO.Na/c;1-2;. The summed E-state index contributed by atoms with van der Waals surface area (Å²) in [6, 6.07) is 0. The van der Waals surface area contributed by atoms with Crippen LogP contribution in [0.1, 0.15) is 0 Å². The normalized spacial score (nSPS) is 1.00. The maximum atomic E-state index is 8.25. The van der Waals surface area contributed by atoms with Crippen molar-refractivity contribution in [3.05, 3.63) is 0 Å².